The lowest BCUT2D eigenvalue weighted by atomic mass is 10.0. The summed E-state index contributed by atoms with van der Waals surface area (Å²) in [5, 5.41) is 3.05. The van der Waals surface area contributed by atoms with Gasteiger partial charge in [-0.05, 0) is 56.8 Å². The Balaban J connectivity index is 1.60. The standard InChI is InChI=1S/C18H27N3O3S/c1-2-10-21-11-8-15(9-12-21)19-18(22)14-4-3-5-17(13-14)25(23,24)20-16-6-7-16/h3-5,13,15-16,20H,2,6-12H2,1H3,(H,19,22). The largest absolute Gasteiger partial charge is 0.349 e. The van der Waals surface area contributed by atoms with Crippen molar-refractivity contribution in [2.45, 2.75) is 56.0 Å². The van der Waals surface area contributed by atoms with Crippen LogP contribution in [0, 0.1) is 0 Å². The number of carbonyl (C=O) groups is 1. The highest BCUT2D eigenvalue weighted by Crippen LogP contribution is 2.22. The van der Waals surface area contributed by atoms with E-state index in [9.17, 15) is 13.2 Å². The van der Waals surface area contributed by atoms with E-state index in [4.69, 9.17) is 0 Å². The first kappa shape index (κ1) is 18.4. The number of nitrogens with zero attached hydrogens (tertiary/aromatic N) is 1. The third-order valence-electron chi connectivity index (χ3n) is 4.77. The minimum Gasteiger partial charge on any atom is -0.349 e. The normalized spacial score (nSPS) is 19.7. The van der Waals surface area contributed by atoms with Gasteiger partial charge in [-0.1, -0.05) is 13.0 Å². The molecule has 0 spiro atoms. The molecule has 1 aromatic rings. The van der Waals surface area contributed by atoms with E-state index in [2.05, 4.69) is 21.9 Å². The van der Waals surface area contributed by atoms with Gasteiger partial charge in [0.1, 0.15) is 0 Å². The van der Waals surface area contributed by atoms with E-state index in [1.165, 1.54) is 12.1 Å². The van der Waals surface area contributed by atoms with Crippen LogP contribution >= 0.6 is 0 Å². The number of amides is 1. The number of likely N-dealkylation sites (tertiary alicyclic amines) is 1. The van der Waals surface area contributed by atoms with Crippen LogP contribution in [-0.4, -0.2) is 50.9 Å². The van der Waals surface area contributed by atoms with Gasteiger partial charge >= 0.3 is 0 Å². The maximum atomic E-state index is 12.5. The van der Waals surface area contributed by atoms with Crippen molar-refractivity contribution in [3.05, 3.63) is 29.8 Å². The highest BCUT2D eigenvalue weighted by molar-refractivity contribution is 7.89. The van der Waals surface area contributed by atoms with Gasteiger partial charge in [-0.15, -0.1) is 0 Å². The Kier molecular flexibility index (Phi) is 5.76. The van der Waals surface area contributed by atoms with E-state index in [0.717, 1.165) is 51.7 Å². The molecule has 0 radical (unpaired) electrons. The summed E-state index contributed by atoms with van der Waals surface area (Å²) in [5.74, 6) is -0.197. The minimum atomic E-state index is -3.54. The van der Waals surface area contributed by atoms with Crippen molar-refractivity contribution in [1.82, 2.24) is 14.9 Å². The van der Waals surface area contributed by atoms with Gasteiger partial charge in [0, 0.05) is 30.7 Å². The van der Waals surface area contributed by atoms with Gasteiger partial charge in [0.15, 0.2) is 0 Å². The molecule has 25 heavy (non-hydrogen) atoms. The van der Waals surface area contributed by atoms with Crippen molar-refractivity contribution in [3.63, 3.8) is 0 Å². The number of hydrogen-bond donors (Lipinski definition) is 2. The number of benzene rings is 1. The summed E-state index contributed by atoms with van der Waals surface area (Å²) < 4.78 is 27.2. The summed E-state index contributed by atoms with van der Waals surface area (Å²) in [6.45, 7) is 5.28. The molecule has 2 N–H and O–H groups in total. The molecule has 1 saturated heterocycles. The summed E-state index contributed by atoms with van der Waals surface area (Å²) in [4.78, 5) is 15.1. The topological polar surface area (TPSA) is 78.5 Å². The second-order valence-corrected chi connectivity index (χ2v) is 8.73. The van der Waals surface area contributed by atoms with Crippen molar-refractivity contribution in [3.8, 4) is 0 Å². The van der Waals surface area contributed by atoms with Gasteiger partial charge in [0.25, 0.3) is 5.91 Å². The molecule has 1 aliphatic carbocycles. The molecule has 6 nitrogen and oxygen atoms in total. The van der Waals surface area contributed by atoms with Gasteiger partial charge in [-0.3, -0.25) is 4.79 Å². The monoisotopic (exact) mass is 365 g/mol. The predicted octanol–water partition coefficient (Wildman–Crippen LogP) is 1.73. The molecule has 138 valence electrons. The van der Waals surface area contributed by atoms with Crippen molar-refractivity contribution in [1.29, 1.82) is 0 Å². The van der Waals surface area contributed by atoms with Crippen LogP contribution in [0.4, 0.5) is 0 Å². The van der Waals surface area contributed by atoms with Crippen LogP contribution in [0.1, 0.15) is 49.4 Å². The number of sulfonamides is 1. The van der Waals surface area contributed by atoms with E-state index in [1.54, 1.807) is 12.1 Å². The summed E-state index contributed by atoms with van der Waals surface area (Å²) in [6.07, 6.45) is 4.79. The van der Waals surface area contributed by atoms with Crippen molar-refractivity contribution in [2.24, 2.45) is 0 Å². The van der Waals surface area contributed by atoms with Crippen LogP contribution in [0.2, 0.25) is 0 Å². The summed E-state index contributed by atoms with van der Waals surface area (Å²) in [6, 6.07) is 6.50. The average Bonchev–Trinajstić information content (AvgIpc) is 3.40. The zero-order valence-corrected chi connectivity index (χ0v) is 15.5. The first-order valence-electron chi connectivity index (χ1n) is 9.13. The fraction of sp³-hybridized carbons (Fsp3) is 0.611. The van der Waals surface area contributed by atoms with Crippen molar-refractivity contribution in [2.75, 3.05) is 19.6 Å². The predicted molar refractivity (Wildman–Crippen MR) is 97.0 cm³/mol. The highest BCUT2D eigenvalue weighted by Gasteiger charge is 2.28. The Morgan fingerprint density at radius 3 is 2.52 bits per heavy atom. The third-order valence-corrected chi connectivity index (χ3v) is 6.29. The van der Waals surface area contributed by atoms with Crippen LogP contribution in [0.15, 0.2) is 29.2 Å². The van der Waals surface area contributed by atoms with Gasteiger partial charge < -0.3 is 10.2 Å². The number of piperidine rings is 1. The van der Waals surface area contributed by atoms with Gasteiger partial charge in [-0.2, -0.15) is 0 Å². The summed E-state index contributed by atoms with van der Waals surface area (Å²) in [7, 11) is -3.54. The molecule has 1 aliphatic heterocycles. The first-order chi connectivity index (χ1) is 12.0. The number of carbonyl (C=O) groups excluding carboxylic acids is 1. The molecular formula is C18H27N3O3S. The Hall–Kier alpha value is -1.44. The van der Waals surface area contributed by atoms with Gasteiger partial charge in [-0.25, -0.2) is 13.1 Å². The quantitative estimate of drug-likeness (QED) is 0.771. The lowest BCUT2D eigenvalue weighted by Crippen LogP contribution is -2.44. The minimum absolute atomic E-state index is 0.0517. The lowest BCUT2D eigenvalue weighted by molar-refractivity contribution is 0.0911. The van der Waals surface area contributed by atoms with Crippen LogP contribution < -0.4 is 10.0 Å². The molecule has 7 heteroatoms. The molecule has 1 heterocycles. The number of hydrogen-bond acceptors (Lipinski definition) is 4. The highest BCUT2D eigenvalue weighted by atomic mass is 32.2. The Bertz CT molecular complexity index is 708. The second kappa shape index (κ2) is 7.85. The zero-order chi connectivity index (χ0) is 17.9. The molecule has 0 atom stereocenters. The molecule has 2 aliphatic rings. The number of nitrogens with one attached hydrogen (secondary N) is 2. The average molecular weight is 365 g/mol. The Morgan fingerprint density at radius 1 is 1.16 bits per heavy atom. The van der Waals surface area contributed by atoms with E-state index >= 15 is 0 Å². The Morgan fingerprint density at radius 2 is 1.88 bits per heavy atom. The van der Waals surface area contributed by atoms with E-state index in [0.29, 0.717) is 5.56 Å². The number of rotatable bonds is 7. The molecule has 0 bridgehead atoms. The smallest absolute Gasteiger partial charge is 0.251 e. The SMILES string of the molecule is CCCN1CCC(NC(=O)c2cccc(S(=O)(=O)NC3CC3)c2)CC1. The van der Waals surface area contributed by atoms with Crippen molar-refractivity contribution >= 4 is 15.9 Å². The molecule has 0 aromatic heterocycles. The summed E-state index contributed by atoms with van der Waals surface area (Å²) >= 11 is 0. The lowest BCUT2D eigenvalue weighted by Gasteiger charge is -2.32. The van der Waals surface area contributed by atoms with E-state index < -0.39 is 10.0 Å². The van der Waals surface area contributed by atoms with E-state index in [-0.39, 0.29) is 22.9 Å². The second-order valence-electron chi connectivity index (χ2n) is 7.01. The van der Waals surface area contributed by atoms with Crippen LogP contribution in [-0.2, 0) is 10.0 Å². The van der Waals surface area contributed by atoms with Crippen LogP contribution in [0.5, 0.6) is 0 Å². The van der Waals surface area contributed by atoms with Crippen LogP contribution in [0.3, 0.4) is 0 Å². The molecule has 2 fully saturated rings. The maximum absolute atomic E-state index is 12.5. The molecular weight excluding hydrogens is 338 g/mol. The third kappa shape index (κ3) is 5.03. The fourth-order valence-electron chi connectivity index (χ4n) is 3.18. The van der Waals surface area contributed by atoms with Crippen molar-refractivity contribution < 1.29 is 13.2 Å². The zero-order valence-electron chi connectivity index (χ0n) is 14.7. The molecule has 1 aromatic carbocycles. The van der Waals surface area contributed by atoms with Gasteiger partial charge in [0.2, 0.25) is 10.0 Å². The van der Waals surface area contributed by atoms with E-state index in [1.807, 2.05) is 0 Å². The molecule has 1 saturated carbocycles. The Labute approximate surface area is 150 Å². The van der Waals surface area contributed by atoms with Gasteiger partial charge in [0.05, 0.1) is 4.90 Å². The molecule has 0 unspecified atom stereocenters. The first-order valence-corrected chi connectivity index (χ1v) is 10.6. The molecule has 3 rings (SSSR count). The fourth-order valence-corrected chi connectivity index (χ4v) is 4.53. The van der Waals surface area contributed by atoms with Crippen LogP contribution in [0.25, 0.3) is 0 Å². The summed E-state index contributed by atoms with van der Waals surface area (Å²) in [5.41, 5.74) is 0.398. The maximum Gasteiger partial charge on any atom is 0.251 e. The molecule has 1 amide bonds.